The molecule has 6 heteroatoms. The van der Waals surface area contributed by atoms with Crippen molar-refractivity contribution in [2.45, 2.75) is 224 Å². The quantitative estimate of drug-likeness (QED) is 0.0329. The van der Waals surface area contributed by atoms with E-state index in [1.165, 1.54) is 116 Å². The SMILES string of the molecule is CCCCCCCCC/C=C/CC/C=C/CCCC(O)C(O)C(CO)NC(=O)C(O)CCCCCC/C=C\CCCCCCCCCCC. The Morgan fingerprint density at radius 3 is 1.29 bits per heavy atom. The van der Waals surface area contributed by atoms with Gasteiger partial charge in [-0.25, -0.2) is 0 Å². The molecule has 0 aliphatic rings. The summed E-state index contributed by atoms with van der Waals surface area (Å²) in [6.07, 6.45) is 43.1. The third-order valence-electron chi connectivity index (χ3n) is 9.55. The third kappa shape index (κ3) is 32.2. The van der Waals surface area contributed by atoms with Gasteiger partial charge in [-0.05, 0) is 77.0 Å². The molecule has 288 valence electrons. The molecule has 1 amide bonds. The van der Waals surface area contributed by atoms with Crippen LogP contribution in [-0.2, 0) is 4.79 Å². The Morgan fingerprint density at radius 2 is 0.857 bits per heavy atom. The van der Waals surface area contributed by atoms with Crippen LogP contribution in [-0.4, -0.2) is 57.3 Å². The molecule has 0 aromatic rings. The fourth-order valence-electron chi connectivity index (χ4n) is 6.18. The van der Waals surface area contributed by atoms with Crippen LogP contribution in [0.3, 0.4) is 0 Å². The Kier molecular flexibility index (Phi) is 36.6. The number of aliphatic hydroxyl groups excluding tert-OH is 4. The number of nitrogens with one attached hydrogen (secondary N) is 1. The molecule has 0 rings (SSSR count). The highest BCUT2D eigenvalue weighted by atomic mass is 16.3. The molecule has 0 aromatic carbocycles. The fourth-order valence-corrected chi connectivity index (χ4v) is 6.18. The number of carbonyl (C=O) groups is 1. The molecule has 0 saturated heterocycles. The lowest BCUT2D eigenvalue weighted by Gasteiger charge is -2.27. The molecule has 0 spiro atoms. The Morgan fingerprint density at radius 1 is 0.490 bits per heavy atom. The van der Waals surface area contributed by atoms with Crippen LogP contribution in [0.2, 0.25) is 0 Å². The molecule has 0 saturated carbocycles. The lowest BCUT2D eigenvalue weighted by Crippen LogP contribution is -2.53. The minimum Gasteiger partial charge on any atom is -0.394 e. The zero-order valence-corrected chi connectivity index (χ0v) is 32.2. The fraction of sp³-hybridized carbons (Fsp3) is 0.837. The number of allylic oxidation sites excluding steroid dienone is 6. The van der Waals surface area contributed by atoms with Gasteiger partial charge in [0.2, 0.25) is 5.91 Å². The average Bonchev–Trinajstić information content (AvgIpc) is 3.11. The van der Waals surface area contributed by atoms with Crippen LogP contribution in [0, 0.1) is 0 Å². The van der Waals surface area contributed by atoms with Gasteiger partial charge in [0.05, 0.1) is 18.8 Å². The molecular formula is C43H81NO5. The summed E-state index contributed by atoms with van der Waals surface area (Å²) in [6, 6.07) is -1.01. The molecule has 0 heterocycles. The van der Waals surface area contributed by atoms with Gasteiger partial charge in [0.15, 0.2) is 0 Å². The van der Waals surface area contributed by atoms with Gasteiger partial charge in [-0.3, -0.25) is 4.79 Å². The lowest BCUT2D eigenvalue weighted by molar-refractivity contribution is -0.132. The van der Waals surface area contributed by atoms with Crippen molar-refractivity contribution in [2.75, 3.05) is 6.61 Å². The summed E-state index contributed by atoms with van der Waals surface area (Å²) >= 11 is 0. The minimum atomic E-state index is -1.29. The maximum atomic E-state index is 12.5. The van der Waals surface area contributed by atoms with E-state index in [0.29, 0.717) is 19.3 Å². The zero-order valence-electron chi connectivity index (χ0n) is 32.2. The van der Waals surface area contributed by atoms with E-state index >= 15 is 0 Å². The van der Waals surface area contributed by atoms with Crippen molar-refractivity contribution in [3.05, 3.63) is 36.5 Å². The highest BCUT2D eigenvalue weighted by Crippen LogP contribution is 2.14. The van der Waals surface area contributed by atoms with Gasteiger partial charge >= 0.3 is 0 Å². The van der Waals surface area contributed by atoms with E-state index in [9.17, 15) is 25.2 Å². The minimum absolute atomic E-state index is 0.346. The van der Waals surface area contributed by atoms with Gasteiger partial charge in [0, 0.05) is 0 Å². The molecular weight excluding hydrogens is 610 g/mol. The van der Waals surface area contributed by atoms with Crippen LogP contribution in [0.4, 0.5) is 0 Å². The highest BCUT2D eigenvalue weighted by Gasteiger charge is 2.28. The molecule has 0 fully saturated rings. The van der Waals surface area contributed by atoms with E-state index in [4.69, 9.17) is 0 Å². The van der Waals surface area contributed by atoms with E-state index in [1.54, 1.807) is 0 Å². The van der Waals surface area contributed by atoms with Crippen molar-refractivity contribution in [1.82, 2.24) is 5.32 Å². The predicted molar refractivity (Wildman–Crippen MR) is 210 cm³/mol. The van der Waals surface area contributed by atoms with Gasteiger partial charge in [-0.2, -0.15) is 0 Å². The number of unbranched alkanes of at least 4 members (excludes halogenated alkanes) is 22. The predicted octanol–water partition coefficient (Wildman–Crippen LogP) is 10.6. The molecule has 4 unspecified atom stereocenters. The molecule has 0 aliphatic heterocycles. The van der Waals surface area contributed by atoms with E-state index in [2.05, 4.69) is 55.6 Å². The zero-order chi connectivity index (χ0) is 36.0. The van der Waals surface area contributed by atoms with Gasteiger partial charge in [-0.15, -0.1) is 0 Å². The van der Waals surface area contributed by atoms with Crippen LogP contribution >= 0.6 is 0 Å². The summed E-state index contributed by atoms with van der Waals surface area (Å²) in [5.74, 6) is -0.607. The van der Waals surface area contributed by atoms with Gasteiger partial charge in [0.25, 0.3) is 0 Å². The number of hydrogen-bond acceptors (Lipinski definition) is 5. The lowest BCUT2D eigenvalue weighted by atomic mass is 10.00. The second-order valence-electron chi connectivity index (χ2n) is 14.3. The average molecular weight is 692 g/mol. The Labute approximate surface area is 303 Å². The van der Waals surface area contributed by atoms with Crippen molar-refractivity contribution < 1.29 is 25.2 Å². The summed E-state index contributed by atoms with van der Waals surface area (Å²) in [4.78, 5) is 12.5. The molecule has 6 nitrogen and oxygen atoms in total. The third-order valence-corrected chi connectivity index (χ3v) is 9.55. The topological polar surface area (TPSA) is 110 Å². The standard InChI is InChI=1S/C43H81NO5/c1-3-5-7-9-11-13-15-17-19-21-23-25-27-29-31-33-35-37-41(47)43(49)44-39(38-45)42(48)40(46)36-34-32-30-28-26-24-22-20-18-16-14-12-10-8-6-4-2/h20,22-23,25,28,30,39-42,45-48H,3-19,21,24,26-27,29,31-38H2,1-2H3,(H,44,49)/b22-20+,25-23-,30-28+. The van der Waals surface area contributed by atoms with Gasteiger partial charge in [-0.1, -0.05) is 159 Å². The van der Waals surface area contributed by atoms with Gasteiger partial charge in [0.1, 0.15) is 12.2 Å². The number of carbonyl (C=O) groups excluding carboxylic acids is 1. The highest BCUT2D eigenvalue weighted by molar-refractivity contribution is 5.80. The normalized spacial score (nSPS) is 14.7. The first-order valence-corrected chi connectivity index (χ1v) is 20.9. The first-order valence-electron chi connectivity index (χ1n) is 20.9. The van der Waals surface area contributed by atoms with E-state index in [-0.39, 0.29) is 0 Å². The monoisotopic (exact) mass is 692 g/mol. The van der Waals surface area contributed by atoms with Crippen LogP contribution in [0.1, 0.15) is 200 Å². The molecule has 0 radical (unpaired) electrons. The Balaban J connectivity index is 3.86. The Hall–Kier alpha value is -1.47. The summed E-state index contributed by atoms with van der Waals surface area (Å²) in [6.45, 7) is 4.01. The molecule has 0 aliphatic carbocycles. The van der Waals surface area contributed by atoms with Crippen molar-refractivity contribution in [1.29, 1.82) is 0 Å². The second-order valence-corrected chi connectivity index (χ2v) is 14.3. The summed E-state index contributed by atoms with van der Waals surface area (Å²) in [5.41, 5.74) is 0. The van der Waals surface area contributed by atoms with Gasteiger partial charge < -0.3 is 25.7 Å². The number of hydrogen-bond donors (Lipinski definition) is 5. The second kappa shape index (κ2) is 37.8. The van der Waals surface area contributed by atoms with Crippen LogP contribution in [0.15, 0.2) is 36.5 Å². The van der Waals surface area contributed by atoms with Crippen LogP contribution in [0.5, 0.6) is 0 Å². The van der Waals surface area contributed by atoms with Crippen molar-refractivity contribution in [3.8, 4) is 0 Å². The van der Waals surface area contributed by atoms with E-state index < -0.39 is 36.9 Å². The molecule has 5 N–H and O–H groups in total. The molecule has 49 heavy (non-hydrogen) atoms. The van der Waals surface area contributed by atoms with Crippen molar-refractivity contribution >= 4 is 5.91 Å². The van der Waals surface area contributed by atoms with Crippen LogP contribution < -0.4 is 5.32 Å². The number of rotatable bonds is 37. The van der Waals surface area contributed by atoms with Crippen LogP contribution in [0.25, 0.3) is 0 Å². The first kappa shape index (κ1) is 47.5. The maximum Gasteiger partial charge on any atom is 0.249 e. The summed E-state index contributed by atoms with van der Waals surface area (Å²) in [7, 11) is 0. The van der Waals surface area contributed by atoms with Crippen molar-refractivity contribution in [2.24, 2.45) is 0 Å². The largest absolute Gasteiger partial charge is 0.394 e. The number of aliphatic hydroxyl groups is 4. The first-order chi connectivity index (χ1) is 24.0. The number of amides is 1. The van der Waals surface area contributed by atoms with Crippen molar-refractivity contribution in [3.63, 3.8) is 0 Å². The smallest absolute Gasteiger partial charge is 0.249 e. The van der Waals surface area contributed by atoms with E-state index in [1.807, 2.05) is 0 Å². The summed E-state index contributed by atoms with van der Waals surface area (Å²) in [5, 5.41) is 43.5. The molecule has 0 bridgehead atoms. The molecule has 0 aromatic heterocycles. The molecule has 4 atom stereocenters. The summed E-state index contributed by atoms with van der Waals surface area (Å²) < 4.78 is 0. The maximum absolute atomic E-state index is 12.5. The Bertz CT molecular complexity index is 782. The van der Waals surface area contributed by atoms with E-state index in [0.717, 1.165) is 51.4 Å².